The van der Waals surface area contributed by atoms with Crippen LogP contribution in [0, 0.1) is 0 Å². The van der Waals surface area contributed by atoms with E-state index >= 15 is 0 Å². The number of halogens is 4. The lowest BCUT2D eigenvalue weighted by Crippen LogP contribution is -2.16. The number of aryl methyl sites for hydroxylation is 1. The third kappa shape index (κ3) is 3.15. The molecule has 0 atom stereocenters. The second-order valence-electron chi connectivity index (χ2n) is 5.23. The first-order chi connectivity index (χ1) is 11.3. The van der Waals surface area contributed by atoms with Crippen LogP contribution in [0.15, 0.2) is 41.1 Å². The average molecular weight is 395 g/mol. The third-order valence-electron chi connectivity index (χ3n) is 3.62. The molecule has 122 valence electrons. The summed E-state index contributed by atoms with van der Waals surface area (Å²) in [5.74, 6) is -0.264. The SMILES string of the molecule is [B]Cc1cc(-c2ccc(OC(F)(F)F)cc2)c2ncn(C)c2c1Br. The molecule has 0 N–H and O–H groups in total. The summed E-state index contributed by atoms with van der Waals surface area (Å²) in [5.41, 5.74) is 4.04. The molecule has 1 heterocycles. The molecule has 0 spiro atoms. The molecular weight excluding hydrogens is 384 g/mol. The molecule has 0 bridgehead atoms. The number of nitrogens with zero attached hydrogens (tertiary/aromatic N) is 2. The second kappa shape index (κ2) is 6.16. The average Bonchev–Trinajstić information content (AvgIpc) is 2.90. The van der Waals surface area contributed by atoms with Gasteiger partial charge in [-0.15, -0.1) is 13.2 Å². The van der Waals surface area contributed by atoms with Crippen LogP contribution in [-0.4, -0.2) is 23.8 Å². The van der Waals surface area contributed by atoms with Crippen molar-refractivity contribution < 1.29 is 17.9 Å². The molecule has 1 aromatic heterocycles. The zero-order valence-corrected chi connectivity index (χ0v) is 14.1. The molecule has 3 aromatic rings. The van der Waals surface area contributed by atoms with Crippen molar-refractivity contribution in [1.29, 1.82) is 0 Å². The highest BCUT2D eigenvalue weighted by Crippen LogP contribution is 2.36. The number of ether oxygens (including phenoxy) is 1. The summed E-state index contributed by atoms with van der Waals surface area (Å²) < 4.78 is 43.4. The molecule has 0 amide bonds. The molecule has 0 fully saturated rings. The minimum absolute atomic E-state index is 0.264. The highest BCUT2D eigenvalue weighted by atomic mass is 79.9. The van der Waals surface area contributed by atoms with Crippen LogP contribution >= 0.6 is 15.9 Å². The molecule has 0 saturated heterocycles. The molecule has 2 radical (unpaired) electrons. The monoisotopic (exact) mass is 394 g/mol. The number of fused-ring (bicyclic) bond motifs is 1. The molecule has 2 aromatic carbocycles. The van der Waals surface area contributed by atoms with Gasteiger partial charge in [-0.1, -0.05) is 18.5 Å². The van der Waals surface area contributed by atoms with E-state index in [-0.39, 0.29) is 5.75 Å². The van der Waals surface area contributed by atoms with Gasteiger partial charge in [-0.2, -0.15) is 0 Å². The normalized spacial score (nSPS) is 11.9. The standard InChI is InChI=1S/C16H11BBrF3N2O/c1-23-8-22-14-12(6-10(7-17)13(18)15(14)23)9-2-4-11(5-3-9)24-16(19,20)21/h2-6,8H,7H2,1H3. The van der Waals surface area contributed by atoms with Gasteiger partial charge in [0.1, 0.15) is 5.75 Å². The summed E-state index contributed by atoms with van der Waals surface area (Å²) in [7, 11) is 7.66. The van der Waals surface area contributed by atoms with E-state index in [0.717, 1.165) is 32.2 Å². The Labute approximate surface area is 146 Å². The van der Waals surface area contributed by atoms with Gasteiger partial charge in [0, 0.05) is 17.1 Å². The first kappa shape index (κ1) is 16.9. The molecule has 0 aliphatic heterocycles. The summed E-state index contributed by atoms with van der Waals surface area (Å²) in [4.78, 5) is 4.39. The Morgan fingerprint density at radius 3 is 2.50 bits per heavy atom. The summed E-state index contributed by atoms with van der Waals surface area (Å²) in [6, 6.07) is 7.58. The Balaban J connectivity index is 2.11. The summed E-state index contributed by atoms with van der Waals surface area (Å²) in [6.07, 6.45) is -2.70. The van der Waals surface area contributed by atoms with Gasteiger partial charge < -0.3 is 9.30 Å². The van der Waals surface area contributed by atoms with Crippen molar-refractivity contribution in [2.24, 2.45) is 7.05 Å². The first-order valence-corrected chi connectivity index (χ1v) is 7.78. The van der Waals surface area contributed by atoms with Gasteiger partial charge >= 0.3 is 6.36 Å². The predicted molar refractivity (Wildman–Crippen MR) is 90.0 cm³/mol. The number of hydrogen-bond donors (Lipinski definition) is 0. The van der Waals surface area contributed by atoms with Crippen LogP contribution in [-0.2, 0) is 13.4 Å². The van der Waals surface area contributed by atoms with Crippen LogP contribution in [0.5, 0.6) is 5.75 Å². The van der Waals surface area contributed by atoms with Crippen molar-refractivity contribution in [3.63, 3.8) is 0 Å². The number of imidazole rings is 1. The Kier molecular flexibility index (Phi) is 4.34. The van der Waals surface area contributed by atoms with Crippen LogP contribution in [0.4, 0.5) is 13.2 Å². The number of alkyl halides is 3. The number of benzene rings is 2. The molecule has 3 rings (SSSR count). The third-order valence-corrected chi connectivity index (χ3v) is 4.50. The quantitative estimate of drug-likeness (QED) is 0.608. The zero-order chi connectivity index (χ0) is 17.5. The van der Waals surface area contributed by atoms with Gasteiger partial charge in [-0.25, -0.2) is 4.98 Å². The van der Waals surface area contributed by atoms with Crippen molar-refractivity contribution in [3.8, 4) is 16.9 Å². The topological polar surface area (TPSA) is 27.1 Å². The van der Waals surface area contributed by atoms with Gasteiger partial charge in [0.25, 0.3) is 0 Å². The maximum absolute atomic E-state index is 12.3. The highest BCUT2D eigenvalue weighted by Gasteiger charge is 2.31. The molecule has 24 heavy (non-hydrogen) atoms. The number of aromatic nitrogens is 2. The van der Waals surface area contributed by atoms with Crippen LogP contribution in [0.3, 0.4) is 0 Å². The fourth-order valence-corrected chi connectivity index (χ4v) is 3.29. The Morgan fingerprint density at radius 1 is 1.25 bits per heavy atom. The minimum atomic E-state index is -4.71. The van der Waals surface area contributed by atoms with Crippen molar-refractivity contribution >= 4 is 34.8 Å². The fourth-order valence-electron chi connectivity index (χ4n) is 2.55. The van der Waals surface area contributed by atoms with Crippen molar-refractivity contribution in [1.82, 2.24) is 9.55 Å². The lowest BCUT2D eigenvalue weighted by atomic mass is 9.93. The minimum Gasteiger partial charge on any atom is -0.406 e. The van der Waals surface area contributed by atoms with E-state index in [2.05, 4.69) is 25.7 Å². The molecule has 8 heteroatoms. The molecule has 3 nitrogen and oxygen atoms in total. The van der Waals surface area contributed by atoms with E-state index in [4.69, 9.17) is 7.85 Å². The maximum Gasteiger partial charge on any atom is 0.573 e. The fraction of sp³-hybridized carbons (Fsp3) is 0.188. The summed E-state index contributed by atoms with van der Waals surface area (Å²) in [6.45, 7) is 0. The van der Waals surface area contributed by atoms with Crippen molar-refractivity contribution in [3.05, 3.63) is 46.7 Å². The van der Waals surface area contributed by atoms with Crippen molar-refractivity contribution in [2.45, 2.75) is 12.7 Å². The first-order valence-electron chi connectivity index (χ1n) is 6.99. The van der Waals surface area contributed by atoms with E-state index in [0.29, 0.717) is 6.32 Å². The van der Waals surface area contributed by atoms with Gasteiger partial charge in [-0.3, -0.25) is 0 Å². The van der Waals surface area contributed by atoms with E-state index in [9.17, 15) is 13.2 Å². The summed E-state index contributed by atoms with van der Waals surface area (Å²) in [5, 5.41) is 0. The van der Waals surface area contributed by atoms with Crippen LogP contribution in [0.25, 0.3) is 22.2 Å². The Bertz CT molecular complexity index is 891. The van der Waals surface area contributed by atoms with Gasteiger partial charge in [0.2, 0.25) is 0 Å². The van der Waals surface area contributed by atoms with Crippen molar-refractivity contribution in [2.75, 3.05) is 0 Å². The largest absolute Gasteiger partial charge is 0.573 e. The zero-order valence-electron chi connectivity index (χ0n) is 12.6. The van der Waals surface area contributed by atoms with E-state index in [1.54, 1.807) is 18.5 Å². The highest BCUT2D eigenvalue weighted by molar-refractivity contribution is 9.10. The molecule has 0 unspecified atom stereocenters. The Hall–Kier alpha value is -1.96. The van der Waals surface area contributed by atoms with E-state index in [1.807, 2.05) is 17.7 Å². The smallest absolute Gasteiger partial charge is 0.406 e. The van der Waals surface area contributed by atoms with Crippen LogP contribution in [0.1, 0.15) is 5.56 Å². The predicted octanol–water partition coefficient (Wildman–Crippen LogP) is 4.57. The van der Waals surface area contributed by atoms with Crippen LogP contribution in [0.2, 0.25) is 0 Å². The van der Waals surface area contributed by atoms with E-state index < -0.39 is 6.36 Å². The van der Waals surface area contributed by atoms with Gasteiger partial charge in [0.05, 0.1) is 25.2 Å². The van der Waals surface area contributed by atoms with Crippen LogP contribution < -0.4 is 4.74 Å². The number of hydrogen-bond acceptors (Lipinski definition) is 2. The molecule has 0 saturated carbocycles. The summed E-state index contributed by atoms with van der Waals surface area (Å²) >= 11 is 3.54. The lowest BCUT2D eigenvalue weighted by Gasteiger charge is -2.12. The molecule has 0 aliphatic carbocycles. The molecule has 0 aliphatic rings. The maximum atomic E-state index is 12.3. The second-order valence-corrected chi connectivity index (χ2v) is 6.02. The van der Waals surface area contributed by atoms with Gasteiger partial charge in [-0.05, 0) is 45.3 Å². The molecular formula is C16H11BBrF3N2O. The Morgan fingerprint density at radius 2 is 1.92 bits per heavy atom. The van der Waals surface area contributed by atoms with Gasteiger partial charge in [0.15, 0.2) is 0 Å². The lowest BCUT2D eigenvalue weighted by molar-refractivity contribution is -0.274. The van der Waals surface area contributed by atoms with E-state index in [1.165, 1.54) is 12.1 Å². The number of rotatable bonds is 3.